The standard InChI is InChI=1S/C9H17N3O6/c10-5(8(15)16)3-12-6(9(17)18)4-11-2-1-7(13)14/h5-6,11-12H,1-4,10H2,(H,13,14)(H,15,16)(H,17,18)/t5-,6+/m1/s1. The second-order valence-electron chi connectivity index (χ2n) is 3.59. The summed E-state index contributed by atoms with van der Waals surface area (Å²) in [5.41, 5.74) is 5.21. The van der Waals surface area contributed by atoms with E-state index in [1.165, 1.54) is 0 Å². The zero-order chi connectivity index (χ0) is 14.1. The fourth-order valence-corrected chi connectivity index (χ4v) is 1.05. The van der Waals surface area contributed by atoms with Gasteiger partial charge < -0.3 is 31.7 Å². The molecule has 7 N–H and O–H groups in total. The molecule has 0 aliphatic rings. The van der Waals surface area contributed by atoms with Crippen molar-refractivity contribution in [2.24, 2.45) is 5.73 Å². The Morgan fingerprint density at radius 3 is 2.11 bits per heavy atom. The van der Waals surface area contributed by atoms with Crippen LogP contribution in [0.2, 0.25) is 0 Å². The van der Waals surface area contributed by atoms with Crippen molar-refractivity contribution in [3.8, 4) is 0 Å². The molecule has 0 saturated heterocycles. The molecule has 9 heteroatoms. The molecule has 0 bridgehead atoms. The van der Waals surface area contributed by atoms with Gasteiger partial charge in [-0.2, -0.15) is 0 Å². The van der Waals surface area contributed by atoms with Gasteiger partial charge >= 0.3 is 17.9 Å². The summed E-state index contributed by atoms with van der Waals surface area (Å²) in [4.78, 5) is 31.4. The quantitative estimate of drug-likeness (QED) is 0.234. The molecule has 0 aromatic rings. The van der Waals surface area contributed by atoms with Gasteiger partial charge in [-0.25, -0.2) is 0 Å². The van der Waals surface area contributed by atoms with Gasteiger partial charge in [0.25, 0.3) is 0 Å². The van der Waals surface area contributed by atoms with E-state index < -0.39 is 30.0 Å². The van der Waals surface area contributed by atoms with Crippen molar-refractivity contribution in [2.45, 2.75) is 18.5 Å². The number of hydrogen-bond acceptors (Lipinski definition) is 6. The van der Waals surface area contributed by atoms with Crippen LogP contribution >= 0.6 is 0 Å². The van der Waals surface area contributed by atoms with Gasteiger partial charge in [-0.3, -0.25) is 14.4 Å². The Kier molecular flexibility index (Phi) is 7.59. The molecule has 0 aromatic heterocycles. The molecule has 0 aliphatic carbocycles. The molecule has 0 rings (SSSR count). The number of hydrogen-bond donors (Lipinski definition) is 6. The summed E-state index contributed by atoms with van der Waals surface area (Å²) in [5, 5.41) is 30.8. The van der Waals surface area contributed by atoms with Gasteiger partial charge in [0.15, 0.2) is 0 Å². The highest BCUT2D eigenvalue weighted by Crippen LogP contribution is 1.85. The highest BCUT2D eigenvalue weighted by Gasteiger charge is 2.19. The van der Waals surface area contributed by atoms with Crippen LogP contribution in [0.3, 0.4) is 0 Å². The van der Waals surface area contributed by atoms with E-state index in [4.69, 9.17) is 21.1 Å². The monoisotopic (exact) mass is 263 g/mol. The Bertz CT molecular complexity index is 309. The predicted molar refractivity (Wildman–Crippen MR) is 60.2 cm³/mol. The third kappa shape index (κ3) is 7.54. The predicted octanol–water partition coefficient (Wildman–Crippen LogP) is -2.49. The lowest BCUT2D eigenvalue weighted by Crippen LogP contribution is -2.50. The molecule has 0 unspecified atom stereocenters. The summed E-state index contributed by atoms with van der Waals surface area (Å²) in [6.45, 7) is -0.0758. The first kappa shape index (κ1) is 16.3. The third-order valence-corrected chi connectivity index (χ3v) is 2.06. The average molecular weight is 263 g/mol. The molecule has 0 saturated carbocycles. The Hall–Kier alpha value is -1.71. The normalized spacial score (nSPS) is 13.8. The Morgan fingerprint density at radius 1 is 1.06 bits per heavy atom. The largest absolute Gasteiger partial charge is 0.481 e. The van der Waals surface area contributed by atoms with Crippen LogP contribution < -0.4 is 16.4 Å². The maximum absolute atomic E-state index is 10.8. The molecule has 0 radical (unpaired) electrons. The van der Waals surface area contributed by atoms with E-state index in [9.17, 15) is 14.4 Å². The number of carboxylic acids is 3. The van der Waals surface area contributed by atoms with Crippen LogP contribution in [0.15, 0.2) is 0 Å². The molecular formula is C9H17N3O6. The second-order valence-corrected chi connectivity index (χ2v) is 3.59. The van der Waals surface area contributed by atoms with Crippen molar-refractivity contribution in [3.63, 3.8) is 0 Å². The van der Waals surface area contributed by atoms with Crippen LogP contribution in [0.1, 0.15) is 6.42 Å². The van der Waals surface area contributed by atoms with Gasteiger partial charge in [0.1, 0.15) is 12.1 Å². The molecular weight excluding hydrogens is 246 g/mol. The summed E-state index contributed by atoms with van der Waals surface area (Å²) in [6.07, 6.45) is -0.124. The maximum Gasteiger partial charge on any atom is 0.322 e. The van der Waals surface area contributed by atoms with Crippen LogP contribution in [0.4, 0.5) is 0 Å². The van der Waals surface area contributed by atoms with Gasteiger partial charge in [-0.1, -0.05) is 0 Å². The summed E-state index contributed by atoms with van der Waals surface area (Å²) in [7, 11) is 0. The van der Waals surface area contributed by atoms with Crippen molar-refractivity contribution in [2.75, 3.05) is 19.6 Å². The highest BCUT2D eigenvalue weighted by atomic mass is 16.4. The molecule has 0 fully saturated rings. The van der Waals surface area contributed by atoms with Crippen LogP contribution in [0.25, 0.3) is 0 Å². The lowest BCUT2D eigenvalue weighted by molar-refractivity contribution is -0.141. The van der Waals surface area contributed by atoms with Crippen molar-refractivity contribution in [3.05, 3.63) is 0 Å². The van der Waals surface area contributed by atoms with Gasteiger partial charge in [0, 0.05) is 19.6 Å². The Morgan fingerprint density at radius 2 is 1.67 bits per heavy atom. The lowest BCUT2D eigenvalue weighted by Gasteiger charge is -2.16. The maximum atomic E-state index is 10.8. The fourth-order valence-electron chi connectivity index (χ4n) is 1.05. The van der Waals surface area contributed by atoms with Crippen molar-refractivity contribution >= 4 is 17.9 Å². The first-order chi connectivity index (χ1) is 8.34. The smallest absolute Gasteiger partial charge is 0.322 e. The van der Waals surface area contributed by atoms with E-state index >= 15 is 0 Å². The van der Waals surface area contributed by atoms with E-state index in [2.05, 4.69) is 10.6 Å². The molecule has 0 aliphatic heterocycles. The van der Waals surface area contributed by atoms with E-state index in [0.29, 0.717) is 0 Å². The Labute approximate surface area is 103 Å². The average Bonchev–Trinajstić information content (AvgIpc) is 2.26. The number of nitrogens with one attached hydrogen (secondary N) is 2. The van der Waals surface area contributed by atoms with Crippen LogP contribution in [-0.2, 0) is 14.4 Å². The van der Waals surface area contributed by atoms with Crippen LogP contribution in [-0.4, -0.2) is 64.9 Å². The van der Waals surface area contributed by atoms with Crippen molar-refractivity contribution < 1.29 is 29.7 Å². The van der Waals surface area contributed by atoms with E-state index in [1.807, 2.05) is 0 Å². The first-order valence-corrected chi connectivity index (χ1v) is 5.21. The van der Waals surface area contributed by atoms with E-state index in [-0.39, 0.29) is 26.1 Å². The zero-order valence-electron chi connectivity index (χ0n) is 9.63. The molecule has 2 atom stereocenters. The first-order valence-electron chi connectivity index (χ1n) is 5.21. The molecule has 0 spiro atoms. The molecule has 0 aromatic carbocycles. The van der Waals surface area contributed by atoms with Crippen molar-refractivity contribution in [1.82, 2.24) is 10.6 Å². The minimum Gasteiger partial charge on any atom is -0.481 e. The summed E-state index contributed by atoms with van der Waals surface area (Å²) >= 11 is 0. The number of nitrogens with two attached hydrogens (primary N) is 1. The number of carboxylic acid groups (broad SMARTS) is 3. The van der Waals surface area contributed by atoms with Gasteiger partial charge in [-0.05, 0) is 0 Å². The minimum absolute atomic E-state index is 0.0189. The molecule has 9 nitrogen and oxygen atoms in total. The van der Waals surface area contributed by atoms with Crippen LogP contribution in [0, 0.1) is 0 Å². The second kappa shape index (κ2) is 8.39. The van der Waals surface area contributed by atoms with E-state index in [1.54, 1.807) is 0 Å². The van der Waals surface area contributed by atoms with Gasteiger partial charge in [0.05, 0.1) is 6.42 Å². The van der Waals surface area contributed by atoms with Gasteiger partial charge in [-0.15, -0.1) is 0 Å². The summed E-state index contributed by atoms with van der Waals surface area (Å²) in [5.74, 6) is -3.39. The SMILES string of the molecule is N[C@H](CN[C@@H](CNCCC(=O)O)C(=O)O)C(=O)O. The molecule has 0 amide bonds. The number of aliphatic carboxylic acids is 3. The fraction of sp³-hybridized carbons (Fsp3) is 0.667. The Balaban J connectivity index is 3.96. The van der Waals surface area contributed by atoms with Crippen LogP contribution in [0.5, 0.6) is 0 Å². The van der Waals surface area contributed by atoms with Crippen molar-refractivity contribution in [1.29, 1.82) is 0 Å². The molecule has 104 valence electrons. The summed E-state index contributed by atoms with van der Waals surface area (Å²) in [6, 6.07) is -2.21. The topological polar surface area (TPSA) is 162 Å². The summed E-state index contributed by atoms with van der Waals surface area (Å²) < 4.78 is 0. The van der Waals surface area contributed by atoms with E-state index in [0.717, 1.165) is 0 Å². The third-order valence-electron chi connectivity index (χ3n) is 2.06. The minimum atomic E-state index is -1.23. The molecule has 0 heterocycles. The number of rotatable bonds is 10. The molecule has 18 heavy (non-hydrogen) atoms. The van der Waals surface area contributed by atoms with Gasteiger partial charge in [0.2, 0.25) is 0 Å². The highest BCUT2D eigenvalue weighted by molar-refractivity contribution is 5.75. The number of carbonyl (C=O) groups is 3. The zero-order valence-corrected chi connectivity index (χ0v) is 9.63. The lowest BCUT2D eigenvalue weighted by atomic mass is 10.2.